The van der Waals surface area contributed by atoms with E-state index >= 15 is 0 Å². The van der Waals surface area contributed by atoms with Crippen molar-refractivity contribution < 1.29 is 13.5 Å². The highest BCUT2D eigenvalue weighted by molar-refractivity contribution is 7.89. The van der Waals surface area contributed by atoms with Gasteiger partial charge in [0.1, 0.15) is 13.7 Å². The molecule has 1 atom stereocenters. The molecule has 0 fully saturated rings. The summed E-state index contributed by atoms with van der Waals surface area (Å²) in [7, 11) is 2.05. The second kappa shape index (κ2) is 6.94. The van der Waals surface area contributed by atoms with E-state index < -0.39 is 10.0 Å². The van der Waals surface area contributed by atoms with Crippen molar-refractivity contribution in [1.82, 2.24) is 9.97 Å². The summed E-state index contributed by atoms with van der Waals surface area (Å²) in [5, 5.41) is 20.0. The Labute approximate surface area is 135 Å². The highest BCUT2D eigenvalue weighted by atomic mass is 32.2. The topological polar surface area (TPSA) is 130 Å². The molecule has 2 radical (unpaired) electrons. The molecule has 0 saturated carbocycles. The van der Waals surface area contributed by atoms with Crippen molar-refractivity contribution in [3.63, 3.8) is 0 Å². The molecule has 0 aliphatic rings. The fraction of sp³-hybridized carbons (Fsp3) is 0.231. The first kappa shape index (κ1) is 17.2. The molecule has 0 unspecified atom stereocenters. The summed E-state index contributed by atoms with van der Waals surface area (Å²) >= 11 is 0. The number of aliphatic hydroxyl groups excluding tert-OH is 1. The van der Waals surface area contributed by atoms with Gasteiger partial charge in [0.15, 0.2) is 0 Å². The predicted molar refractivity (Wildman–Crippen MR) is 88.7 cm³/mol. The van der Waals surface area contributed by atoms with Gasteiger partial charge in [0, 0.05) is 17.9 Å². The van der Waals surface area contributed by atoms with Crippen LogP contribution in [0.1, 0.15) is 6.92 Å². The van der Waals surface area contributed by atoms with Crippen LogP contribution in [0.2, 0.25) is 0 Å². The molecule has 0 amide bonds. The van der Waals surface area contributed by atoms with Crippen molar-refractivity contribution in [1.29, 1.82) is 0 Å². The summed E-state index contributed by atoms with van der Waals surface area (Å²) in [5.74, 6) is 0.667. The van der Waals surface area contributed by atoms with Crippen molar-refractivity contribution in [3.8, 4) is 0 Å². The lowest BCUT2D eigenvalue weighted by atomic mass is 9.99. The van der Waals surface area contributed by atoms with E-state index in [1.54, 1.807) is 19.1 Å². The molecular formula is C13H16BN5O3S. The zero-order valence-corrected chi connectivity index (χ0v) is 13.2. The molecule has 2 aromatic rings. The van der Waals surface area contributed by atoms with Crippen molar-refractivity contribution >= 4 is 40.8 Å². The molecular weight excluding hydrogens is 317 g/mol. The van der Waals surface area contributed by atoms with Gasteiger partial charge in [-0.15, -0.1) is 0 Å². The van der Waals surface area contributed by atoms with E-state index in [4.69, 9.17) is 18.1 Å². The fourth-order valence-corrected chi connectivity index (χ4v) is 2.22. The Hall–Kier alpha value is -2.17. The third-order valence-corrected chi connectivity index (χ3v) is 3.84. The van der Waals surface area contributed by atoms with Gasteiger partial charge in [-0.2, -0.15) is 4.98 Å². The molecule has 1 heterocycles. The minimum atomic E-state index is -3.73. The maximum Gasteiger partial charge on any atom is 0.238 e. The number of sulfonamides is 1. The predicted octanol–water partition coefficient (Wildman–Crippen LogP) is -0.546. The molecule has 0 aliphatic carbocycles. The van der Waals surface area contributed by atoms with Crippen LogP contribution in [-0.4, -0.2) is 44.0 Å². The van der Waals surface area contributed by atoms with Crippen LogP contribution >= 0.6 is 0 Å². The molecule has 0 saturated heterocycles. The largest absolute Gasteiger partial charge is 0.394 e. The van der Waals surface area contributed by atoms with Crippen LogP contribution < -0.4 is 21.2 Å². The molecule has 2 rings (SSSR count). The average Bonchev–Trinajstić information content (AvgIpc) is 2.50. The fourth-order valence-electron chi connectivity index (χ4n) is 1.70. The molecule has 10 heteroatoms. The summed E-state index contributed by atoms with van der Waals surface area (Å²) in [6.45, 7) is 1.71. The van der Waals surface area contributed by atoms with Crippen molar-refractivity contribution in [2.75, 3.05) is 17.2 Å². The quantitative estimate of drug-likeness (QED) is 0.522. The van der Waals surface area contributed by atoms with E-state index in [1.807, 2.05) is 0 Å². The van der Waals surface area contributed by atoms with E-state index in [-0.39, 0.29) is 23.5 Å². The highest BCUT2D eigenvalue weighted by Gasteiger charge is 2.09. The van der Waals surface area contributed by atoms with E-state index in [9.17, 15) is 8.42 Å². The third kappa shape index (κ3) is 4.65. The van der Waals surface area contributed by atoms with Crippen LogP contribution in [0.4, 0.5) is 17.5 Å². The number of anilines is 3. The van der Waals surface area contributed by atoms with Crippen molar-refractivity contribution in [2.45, 2.75) is 17.9 Å². The summed E-state index contributed by atoms with van der Waals surface area (Å²) in [5.41, 5.74) is 0.934. The monoisotopic (exact) mass is 333 g/mol. The number of aliphatic hydroxyl groups is 1. The molecule has 5 N–H and O–H groups in total. The van der Waals surface area contributed by atoms with Gasteiger partial charge in [-0.3, -0.25) is 0 Å². The lowest BCUT2D eigenvalue weighted by molar-refractivity contribution is 0.281. The zero-order chi connectivity index (χ0) is 17.0. The Kier molecular flexibility index (Phi) is 5.19. The number of nitrogens with two attached hydrogens (primary N) is 1. The summed E-state index contributed by atoms with van der Waals surface area (Å²) in [4.78, 5) is 8.27. The van der Waals surface area contributed by atoms with E-state index in [2.05, 4.69) is 20.6 Å². The van der Waals surface area contributed by atoms with Crippen LogP contribution in [0.15, 0.2) is 35.4 Å². The smallest absolute Gasteiger partial charge is 0.238 e. The summed E-state index contributed by atoms with van der Waals surface area (Å²) < 4.78 is 22.4. The lowest BCUT2D eigenvalue weighted by Crippen LogP contribution is -2.25. The molecule has 0 spiro atoms. The number of primary sulfonamides is 1. The Morgan fingerprint density at radius 1 is 1.35 bits per heavy atom. The Balaban J connectivity index is 2.18. The molecule has 0 aliphatic heterocycles. The summed E-state index contributed by atoms with van der Waals surface area (Å²) in [6, 6.07) is 5.63. The SMILES string of the molecule is [B]c1cnc(Nc2ccc(S(N)(=O)=O)cc2)nc1N[C@H](C)CO. The normalized spacial score (nSPS) is 12.7. The van der Waals surface area contributed by atoms with Gasteiger partial charge in [-0.05, 0) is 36.7 Å². The second-order valence-corrected chi connectivity index (χ2v) is 6.48. The van der Waals surface area contributed by atoms with Gasteiger partial charge < -0.3 is 15.7 Å². The number of hydrogen-bond donors (Lipinski definition) is 4. The van der Waals surface area contributed by atoms with Gasteiger partial charge in [-0.25, -0.2) is 18.5 Å². The maximum atomic E-state index is 11.2. The Bertz CT molecular complexity index is 783. The number of aromatic nitrogens is 2. The maximum absolute atomic E-state index is 11.2. The van der Waals surface area contributed by atoms with E-state index in [1.165, 1.54) is 18.3 Å². The Morgan fingerprint density at radius 2 is 2.00 bits per heavy atom. The molecule has 120 valence electrons. The second-order valence-electron chi connectivity index (χ2n) is 4.92. The van der Waals surface area contributed by atoms with Crippen LogP contribution in [0, 0.1) is 0 Å². The minimum Gasteiger partial charge on any atom is -0.394 e. The number of nitrogens with zero attached hydrogens (tertiary/aromatic N) is 2. The number of benzene rings is 1. The van der Waals surface area contributed by atoms with Gasteiger partial charge >= 0.3 is 0 Å². The van der Waals surface area contributed by atoms with Crippen LogP contribution in [0.25, 0.3) is 0 Å². The van der Waals surface area contributed by atoms with E-state index in [0.717, 1.165) is 0 Å². The number of nitrogens with one attached hydrogen (secondary N) is 2. The summed E-state index contributed by atoms with van der Waals surface area (Å²) in [6.07, 6.45) is 1.43. The minimum absolute atomic E-state index is 0.0143. The number of hydrogen-bond acceptors (Lipinski definition) is 7. The van der Waals surface area contributed by atoms with Gasteiger partial charge in [0.05, 0.1) is 11.5 Å². The zero-order valence-electron chi connectivity index (χ0n) is 12.4. The average molecular weight is 333 g/mol. The molecule has 0 bridgehead atoms. The first-order valence-corrected chi connectivity index (χ1v) is 8.24. The molecule has 1 aromatic heterocycles. The first-order valence-electron chi connectivity index (χ1n) is 6.69. The molecule has 23 heavy (non-hydrogen) atoms. The highest BCUT2D eigenvalue weighted by Crippen LogP contribution is 2.16. The first-order chi connectivity index (χ1) is 10.8. The van der Waals surface area contributed by atoms with Gasteiger partial charge in [0.25, 0.3) is 0 Å². The van der Waals surface area contributed by atoms with Crippen molar-refractivity contribution in [3.05, 3.63) is 30.5 Å². The van der Waals surface area contributed by atoms with E-state index in [0.29, 0.717) is 17.0 Å². The molecule has 8 nitrogen and oxygen atoms in total. The van der Waals surface area contributed by atoms with Crippen LogP contribution in [0.5, 0.6) is 0 Å². The standard InChI is InChI=1S/C13H16BN5O3S/c1-8(7-20)17-12-11(14)6-16-13(19-12)18-9-2-4-10(5-3-9)23(15,21)22/h2-6,8,20H,7H2,1H3,(H2,15,21,22)(H2,16,17,18,19)/t8-/m1/s1. The number of rotatable bonds is 6. The lowest BCUT2D eigenvalue weighted by Gasteiger charge is -2.15. The van der Waals surface area contributed by atoms with Crippen LogP contribution in [-0.2, 0) is 10.0 Å². The third-order valence-electron chi connectivity index (χ3n) is 2.91. The van der Waals surface area contributed by atoms with Crippen molar-refractivity contribution in [2.24, 2.45) is 5.14 Å². The van der Waals surface area contributed by atoms with Gasteiger partial charge in [-0.1, -0.05) is 0 Å². The molecule has 1 aromatic carbocycles. The van der Waals surface area contributed by atoms with Gasteiger partial charge in [0.2, 0.25) is 16.0 Å². The van der Waals surface area contributed by atoms with Crippen LogP contribution in [0.3, 0.4) is 0 Å². The Morgan fingerprint density at radius 3 is 2.57 bits per heavy atom.